The molecule has 0 spiro atoms. The molecule has 0 bridgehead atoms. The monoisotopic (exact) mass is 293 g/mol. The molecule has 0 atom stereocenters. The lowest BCUT2D eigenvalue weighted by atomic mass is 10.1. The molecule has 2 aliphatic heterocycles. The number of alkyl carbamates (subject to hydrolysis) is 1. The van der Waals surface area contributed by atoms with Gasteiger partial charge in [0, 0.05) is 25.7 Å². The number of piperidine rings is 1. The van der Waals surface area contributed by atoms with Crippen LogP contribution in [0.2, 0.25) is 0 Å². The van der Waals surface area contributed by atoms with Crippen molar-refractivity contribution in [2.45, 2.75) is 52.2 Å². The Morgan fingerprint density at radius 3 is 2.62 bits per heavy atom. The average molecular weight is 293 g/mol. The minimum absolute atomic E-state index is 0.197. The second-order valence-corrected chi connectivity index (χ2v) is 6.60. The summed E-state index contributed by atoms with van der Waals surface area (Å²) in [4.78, 5) is 18.3. The predicted molar refractivity (Wildman–Crippen MR) is 82.2 cm³/mol. The molecular weight excluding hydrogens is 268 g/mol. The zero-order valence-corrected chi connectivity index (χ0v) is 13.3. The molecule has 2 rings (SSSR count). The molecule has 2 heterocycles. The van der Waals surface area contributed by atoms with Crippen LogP contribution in [0.4, 0.5) is 4.79 Å². The fourth-order valence-corrected chi connectivity index (χ4v) is 2.43. The lowest BCUT2D eigenvalue weighted by Gasteiger charge is -2.32. The van der Waals surface area contributed by atoms with Crippen LogP contribution >= 0.6 is 0 Å². The number of ether oxygens (including phenoxy) is 1. The number of nitrogens with zero attached hydrogens (tertiary/aromatic N) is 3. The van der Waals surface area contributed by atoms with Gasteiger partial charge in [-0.05, 0) is 40.5 Å². The highest BCUT2D eigenvalue weighted by atomic mass is 16.6. The molecule has 6 nitrogen and oxygen atoms in total. The molecule has 0 aromatic carbocycles. The number of amides is 1. The first kappa shape index (κ1) is 15.8. The fraction of sp³-hybridized carbons (Fsp3) is 0.733. The maximum absolute atomic E-state index is 11.7. The Balaban J connectivity index is 1.71. The molecule has 1 radical (unpaired) electrons. The lowest BCUT2D eigenvalue weighted by molar-refractivity contribution is 0.0480. The molecule has 1 amide bonds. The van der Waals surface area contributed by atoms with Crippen molar-refractivity contribution in [1.29, 1.82) is 0 Å². The van der Waals surface area contributed by atoms with Gasteiger partial charge in [0.05, 0.1) is 11.4 Å². The quantitative estimate of drug-likeness (QED) is 0.863. The summed E-state index contributed by atoms with van der Waals surface area (Å²) in [5.74, 6) is 0. The van der Waals surface area contributed by atoms with Crippen molar-refractivity contribution in [3.63, 3.8) is 0 Å². The summed E-state index contributed by atoms with van der Waals surface area (Å²) in [6, 6.07) is 0.197. The zero-order valence-electron chi connectivity index (χ0n) is 13.3. The van der Waals surface area contributed by atoms with Gasteiger partial charge in [0.25, 0.3) is 0 Å². The van der Waals surface area contributed by atoms with E-state index in [0.717, 1.165) is 43.9 Å². The molecule has 1 N–H and O–H groups in total. The Bertz CT molecular complexity index is 443. The van der Waals surface area contributed by atoms with Gasteiger partial charge in [-0.2, -0.15) is 0 Å². The summed E-state index contributed by atoms with van der Waals surface area (Å²) < 4.78 is 5.29. The highest BCUT2D eigenvalue weighted by Gasteiger charge is 2.24. The summed E-state index contributed by atoms with van der Waals surface area (Å²) >= 11 is 0. The molecule has 117 valence electrons. The summed E-state index contributed by atoms with van der Waals surface area (Å²) in [5.41, 5.74) is 1.61. The van der Waals surface area contributed by atoms with E-state index in [1.54, 1.807) is 6.34 Å². The molecular formula is C15H25N4O2. The molecule has 0 aromatic heterocycles. The summed E-state index contributed by atoms with van der Waals surface area (Å²) in [6.07, 6.45) is 3.17. The number of carbonyl (C=O) groups excluding carboxylic acids is 1. The van der Waals surface area contributed by atoms with Gasteiger partial charge in [0.1, 0.15) is 11.9 Å². The summed E-state index contributed by atoms with van der Waals surface area (Å²) in [7, 11) is 0. The van der Waals surface area contributed by atoms with Crippen LogP contribution < -0.4 is 10.6 Å². The second-order valence-electron chi connectivity index (χ2n) is 6.60. The third-order valence-electron chi connectivity index (χ3n) is 3.56. The second kappa shape index (κ2) is 6.47. The first-order chi connectivity index (χ1) is 9.83. The van der Waals surface area contributed by atoms with Gasteiger partial charge in [-0.1, -0.05) is 0 Å². The van der Waals surface area contributed by atoms with Crippen LogP contribution in [-0.4, -0.2) is 48.6 Å². The highest BCUT2D eigenvalue weighted by Crippen LogP contribution is 2.16. The number of hydrogen-bond acceptors (Lipinski definition) is 4. The molecule has 1 saturated heterocycles. The van der Waals surface area contributed by atoms with E-state index in [2.05, 4.69) is 20.5 Å². The maximum Gasteiger partial charge on any atom is 0.407 e. The molecule has 21 heavy (non-hydrogen) atoms. The number of carbonyl (C=O) groups is 1. The van der Waals surface area contributed by atoms with Crippen molar-refractivity contribution in [3.05, 3.63) is 11.4 Å². The molecule has 6 heteroatoms. The van der Waals surface area contributed by atoms with Crippen LogP contribution in [0.3, 0.4) is 0 Å². The summed E-state index contributed by atoms with van der Waals surface area (Å²) in [6.45, 7) is 10.3. The number of rotatable bonds is 3. The topological polar surface area (TPSA) is 68.0 Å². The van der Waals surface area contributed by atoms with Crippen LogP contribution in [0.15, 0.2) is 16.4 Å². The van der Waals surface area contributed by atoms with E-state index in [4.69, 9.17) is 4.74 Å². The van der Waals surface area contributed by atoms with E-state index in [9.17, 15) is 4.79 Å². The van der Waals surface area contributed by atoms with Crippen LogP contribution in [0.5, 0.6) is 0 Å². The van der Waals surface area contributed by atoms with Crippen molar-refractivity contribution in [1.82, 2.24) is 15.5 Å². The van der Waals surface area contributed by atoms with Crippen molar-refractivity contribution in [2.24, 2.45) is 4.99 Å². The number of hydrogen-bond donors (Lipinski definition) is 1. The van der Waals surface area contributed by atoms with Crippen molar-refractivity contribution in [2.75, 3.05) is 19.6 Å². The minimum Gasteiger partial charge on any atom is -0.444 e. The Hall–Kier alpha value is -1.56. The standard InChI is InChI=1S/C15H25N4O2/c1-11-13(17-10-16-11)9-19-7-5-12(6-8-19)18-14(20)21-15(2,3)4/h10,12H,5-9H2,1-4H3,(H,18,20). The highest BCUT2D eigenvalue weighted by molar-refractivity contribution is 5.68. The molecule has 0 saturated carbocycles. The van der Waals surface area contributed by atoms with Gasteiger partial charge < -0.3 is 10.1 Å². The van der Waals surface area contributed by atoms with E-state index in [0.29, 0.717) is 0 Å². The fourth-order valence-electron chi connectivity index (χ4n) is 2.43. The van der Waals surface area contributed by atoms with E-state index in [1.165, 1.54) is 0 Å². The van der Waals surface area contributed by atoms with Gasteiger partial charge in [-0.3, -0.25) is 4.90 Å². The number of likely N-dealkylation sites (tertiary alicyclic amines) is 1. The van der Waals surface area contributed by atoms with Crippen molar-refractivity contribution < 1.29 is 9.53 Å². The van der Waals surface area contributed by atoms with Crippen molar-refractivity contribution >= 4 is 12.4 Å². The van der Waals surface area contributed by atoms with Gasteiger partial charge in [-0.25, -0.2) is 15.1 Å². The molecule has 1 fully saturated rings. The van der Waals surface area contributed by atoms with Gasteiger partial charge in [-0.15, -0.1) is 0 Å². The maximum atomic E-state index is 11.7. The molecule has 2 aliphatic rings. The minimum atomic E-state index is -0.446. The summed E-state index contributed by atoms with van der Waals surface area (Å²) in [5, 5.41) is 7.23. The zero-order chi connectivity index (χ0) is 15.5. The van der Waals surface area contributed by atoms with Crippen molar-refractivity contribution in [3.8, 4) is 0 Å². The number of nitrogens with one attached hydrogen (secondary N) is 1. The Morgan fingerprint density at radius 2 is 2.10 bits per heavy atom. The average Bonchev–Trinajstić information content (AvgIpc) is 2.75. The van der Waals surface area contributed by atoms with Crippen LogP contribution in [0, 0.1) is 0 Å². The first-order valence-corrected chi connectivity index (χ1v) is 7.48. The smallest absolute Gasteiger partial charge is 0.407 e. The van der Waals surface area contributed by atoms with Crippen LogP contribution in [0.1, 0.15) is 40.5 Å². The number of allylic oxidation sites excluding steroid dienone is 1. The predicted octanol–water partition coefficient (Wildman–Crippen LogP) is 1.85. The van der Waals surface area contributed by atoms with Gasteiger partial charge in [0.15, 0.2) is 0 Å². The molecule has 0 aliphatic carbocycles. The third-order valence-corrected chi connectivity index (χ3v) is 3.56. The first-order valence-electron chi connectivity index (χ1n) is 7.48. The molecule has 0 aromatic rings. The Kier molecular flexibility index (Phi) is 4.88. The van der Waals surface area contributed by atoms with E-state index in [1.807, 2.05) is 27.7 Å². The van der Waals surface area contributed by atoms with Gasteiger partial charge >= 0.3 is 6.09 Å². The molecule has 0 unspecified atom stereocenters. The third kappa shape index (κ3) is 5.04. The largest absolute Gasteiger partial charge is 0.444 e. The van der Waals surface area contributed by atoms with E-state index >= 15 is 0 Å². The van der Waals surface area contributed by atoms with Crippen LogP contribution in [-0.2, 0) is 4.74 Å². The normalized spacial score (nSPS) is 20.6. The van der Waals surface area contributed by atoms with E-state index < -0.39 is 5.60 Å². The van der Waals surface area contributed by atoms with Crippen LogP contribution in [0.25, 0.3) is 0 Å². The SMILES string of the molecule is CC1=C(CN2CCC(NC(=O)OC(C)(C)C)CC2)[N]C=N1. The van der Waals surface area contributed by atoms with Gasteiger partial charge in [0.2, 0.25) is 0 Å². The Morgan fingerprint density at radius 1 is 1.43 bits per heavy atom. The lowest BCUT2D eigenvalue weighted by Crippen LogP contribution is -2.46. The Labute approximate surface area is 126 Å². The number of aliphatic imine (C=N–C) groups is 1. The van der Waals surface area contributed by atoms with E-state index in [-0.39, 0.29) is 12.1 Å².